The van der Waals surface area contributed by atoms with E-state index in [-0.39, 0.29) is 17.3 Å². The molecule has 2 aliphatic rings. The Hall–Kier alpha value is -2.36. The first-order chi connectivity index (χ1) is 13.3. The van der Waals surface area contributed by atoms with Gasteiger partial charge in [-0.15, -0.1) is 0 Å². The summed E-state index contributed by atoms with van der Waals surface area (Å²) in [6, 6.07) is 6.74. The number of carbonyl (C=O) groups excluding carboxylic acids is 1. The summed E-state index contributed by atoms with van der Waals surface area (Å²) < 4.78 is 13.7. The van der Waals surface area contributed by atoms with E-state index in [1.165, 1.54) is 6.07 Å². The van der Waals surface area contributed by atoms with Crippen LogP contribution in [0.3, 0.4) is 0 Å². The smallest absolute Gasteiger partial charge is 0.253 e. The van der Waals surface area contributed by atoms with E-state index in [4.69, 9.17) is 0 Å². The van der Waals surface area contributed by atoms with Crippen LogP contribution in [0, 0.1) is 11.7 Å². The number of nitrogens with zero attached hydrogens (tertiary/aromatic N) is 1. The normalized spacial score (nSPS) is 25.7. The molecule has 0 saturated carbocycles. The second kappa shape index (κ2) is 8.34. The van der Waals surface area contributed by atoms with Crippen LogP contribution in [0.15, 0.2) is 59.3 Å². The maximum absolute atomic E-state index is 13.7. The molecule has 0 unspecified atom stereocenters. The Morgan fingerprint density at radius 2 is 2.21 bits per heavy atom. The number of allylic oxidation sites excluding steroid dienone is 3. The fraction of sp³-hybridized carbons (Fsp3) is 0.458. The number of amides is 1. The van der Waals surface area contributed by atoms with Gasteiger partial charge in [-0.25, -0.2) is 4.39 Å². The summed E-state index contributed by atoms with van der Waals surface area (Å²) in [6.45, 7) is 10.0. The third kappa shape index (κ3) is 4.37. The fourth-order valence-electron chi connectivity index (χ4n) is 4.13. The second-order valence-electron chi connectivity index (χ2n) is 8.35. The maximum Gasteiger partial charge on any atom is 0.253 e. The van der Waals surface area contributed by atoms with Crippen molar-refractivity contribution in [2.45, 2.75) is 52.5 Å². The summed E-state index contributed by atoms with van der Waals surface area (Å²) in [7, 11) is 0. The Morgan fingerprint density at radius 3 is 2.86 bits per heavy atom. The van der Waals surface area contributed by atoms with Gasteiger partial charge < -0.3 is 10.2 Å². The van der Waals surface area contributed by atoms with Crippen LogP contribution in [0.1, 0.15) is 52.5 Å². The van der Waals surface area contributed by atoms with Crippen LogP contribution >= 0.6 is 0 Å². The molecule has 0 radical (unpaired) electrons. The van der Waals surface area contributed by atoms with Crippen LogP contribution in [-0.4, -0.2) is 23.9 Å². The minimum Gasteiger partial charge on any atom is -0.379 e. The van der Waals surface area contributed by atoms with Crippen molar-refractivity contribution in [3.63, 3.8) is 0 Å². The molecule has 1 aromatic rings. The number of halogens is 1. The van der Waals surface area contributed by atoms with Crippen LogP contribution in [0.4, 0.5) is 4.39 Å². The molecular weight excluding hydrogens is 351 g/mol. The molecule has 0 spiro atoms. The zero-order valence-corrected chi connectivity index (χ0v) is 17.4. The zero-order valence-electron chi connectivity index (χ0n) is 17.4. The van der Waals surface area contributed by atoms with Gasteiger partial charge in [0.05, 0.1) is 5.54 Å². The van der Waals surface area contributed by atoms with Crippen molar-refractivity contribution < 1.29 is 9.18 Å². The lowest BCUT2D eigenvalue weighted by molar-refractivity contribution is -0.125. The van der Waals surface area contributed by atoms with Gasteiger partial charge in [0.25, 0.3) is 5.91 Å². The number of rotatable bonds is 5. The molecule has 1 aromatic carbocycles. The number of hydrogen-bond donors (Lipinski definition) is 1. The van der Waals surface area contributed by atoms with Crippen LogP contribution in [0.2, 0.25) is 0 Å². The van der Waals surface area contributed by atoms with Crippen molar-refractivity contribution >= 4 is 5.91 Å². The van der Waals surface area contributed by atoms with E-state index in [0.717, 1.165) is 54.8 Å². The number of nitrogens with one attached hydrogen (secondary N) is 1. The van der Waals surface area contributed by atoms with Crippen molar-refractivity contribution in [3.05, 3.63) is 70.7 Å². The predicted octanol–water partition coefficient (Wildman–Crippen LogP) is 5.07. The number of carbonyl (C=O) groups is 1. The quantitative estimate of drug-likeness (QED) is 0.570. The van der Waals surface area contributed by atoms with Crippen molar-refractivity contribution in [2.75, 3.05) is 13.1 Å². The Kier molecular flexibility index (Phi) is 6.07. The Labute approximate surface area is 168 Å². The highest BCUT2D eigenvalue weighted by molar-refractivity contribution is 5.97. The average molecular weight is 383 g/mol. The third-order valence-corrected chi connectivity index (χ3v) is 5.77. The fourth-order valence-corrected chi connectivity index (χ4v) is 4.13. The molecule has 28 heavy (non-hydrogen) atoms. The van der Waals surface area contributed by atoms with E-state index < -0.39 is 0 Å². The molecule has 4 heteroatoms. The monoisotopic (exact) mass is 382 g/mol. The summed E-state index contributed by atoms with van der Waals surface area (Å²) in [6.07, 6.45) is 8.67. The molecule has 1 fully saturated rings. The Bertz CT molecular complexity index is 839. The molecule has 1 amide bonds. The van der Waals surface area contributed by atoms with Gasteiger partial charge in [-0.1, -0.05) is 38.1 Å². The van der Waals surface area contributed by atoms with Gasteiger partial charge in [0.1, 0.15) is 5.82 Å². The van der Waals surface area contributed by atoms with Crippen LogP contribution in [-0.2, 0) is 10.3 Å². The topological polar surface area (TPSA) is 32.3 Å². The van der Waals surface area contributed by atoms with Gasteiger partial charge in [0.15, 0.2) is 0 Å². The summed E-state index contributed by atoms with van der Waals surface area (Å²) in [5, 5.41) is 3.52. The average Bonchev–Trinajstić information content (AvgIpc) is 3.21. The van der Waals surface area contributed by atoms with Gasteiger partial charge in [-0.3, -0.25) is 4.79 Å². The zero-order chi connectivity index (χ0) is 20.3. The molecule has 2 atom stereocenters. The molecule has 2 aliphatic heterocycles. The molecule has 1 saturated heterocycles. The summed E-state index contributed by atoms with van der Waals surface area (Å²) >= 11 is 0. The number of benzene rings is 1. The first-order valence-corrected chi connectivity index (χ1v) is 10.2. The summed E-state index contributed by atoms with van der Waals surface area (Å²) in [4.78, 5) is 15.0. The maximum atomic E-state index is 13.7. The lowest BCUT2D eigenvalue weighted by atomic mass is 9.88. The molecular formula is C24H31FN2O. The second-order valence-corrected chi connectivity index (χ2v) is 8.35. The number of hydrogen-bond acceptors (Lipinski definition) is 2. The standard InChI is InChI=1S/C24H31FN2O/c1-5-6-8-19(23(28)27-12-11-17(2)16-27)13-20-15-24(4,26-18(20)3)21-9-7-10-22(25)14-21/h6-10,13-14,17,26H,5,11-12,15-16H2,1-4H3/b8-6+,19-13+/t17-,24+/m0/s1. The first kappa shape index (κ1) is 20.4. The molecule has 2 heterocycles. The molecule has 3 nitrogen and oxygen atoms in total. The van der Waals surface area contributed by atoms with Crippen molar-refractivity contribution in [1.82, 2.24) is 10.2 Å². The van der Waals surface area contributed by atoms with E-state index in [2.05, 4.69) is 26.1 Å². The van der Waals surface area contributed by atoms with Crippen molar-refractivity contribution in [1.29, 1.82) is 0 Å². The lowest BCUT2D eigenvalue weighted by Crippen LogP contribution is -2.33. The van der Waals surface area contributed by atoms with E-state index in [0.29, 0.717) is 5.92 Å². The van der Waals surface area contributed by atoms with E-state index in [1.807, 2.05) is 36.1 Å². The van der Waals surface area contributed by atoms with E-state index in [9.17, 15) is 9.18 Å². The summed E-state index contributed by atoms with van der Waals surface area (Å²) in [5.74, 6) is 0.437. The van der Waals surface area contributed by atoms with Gasteiger partial charge in [-0.05, 0) is 62.0 Å². The van der Waals surface area contributed by atoms with Gasteiger partial charge in [0.2, 0.25) is 0 Å². The van der Waals surface area contributed by atoms with Gasteiger partial charge in [-0.2, -0.15) is 0 Å². The molecule has 1 N–H and O–H groups in total. The van der Waals surface area contributed by atoms with Gasteiger partial charge >= 0.3 is 0 Å². The van der Waals surface area contributed by atoms with Gasteiger partial charge in [0, 0.05) is 30.8 Å². The minimum atomic E-state index is -0.372. The predicted molar refractivity (Wildman–Crippen MR) is 112 cm³/mol. The Morgan fingerprint density at radius 1 is 1.43 bits per heavy atom. The van der Waals surface area contributed by atoms with Crippen LogP contribution < -0.4 is 5.32 Å². The van der Waals surface area contributed by atoms with E-state index >= 15 is 0 Å². The Balaban J connectivity index is 1.86. The van der Waals surface area contributed by atoms with Crippen LogP contribution in [0.25, 0.3) is 0 Å². The third-order valence-electron chi connectivity index (χ3n) is 5.77. The molecule has 0 aliphatic carbocycles. The SMILES string of the molecule is CC/C=C/C(=C\C1=C(C)N[C@@](C)(c2cccc(F)c2)C1)C(=O)N1CC[C@H](C)C1. The molecule has 150 valence electrons. The summed E-state index contributed by atoms with van der Waals surface area (Å²) in [5.41, 5.74) is 3.42. The highest BCUT2D eigenvalue weighted by atomic mass is 19.1. The van der Waals surface area contributed by atoms with Crippen molar-refractivity contribution in [2.24, 2.45) is 5.92 Å². The highest BCUT2D eigenvalue weighted by Gasteiger charge is 2.34. The number of likely N-dealkylation sites (tertiary alicyclic amines) is 1. The molecule has 0 bridgehead atoms. The molecule has 0 aromatic heterocycles. The lowest BCUT2D eigenvalue weighted by Gasteiger charge is -2.27. The van der Waals surface area contributed by atoms with Crippen molar-refractivity contribution in [3.8, 4) is 0 Å². The highest BCUT2D eigenvalue weighted by Crippen LogP contribution is 2.37. The van der Waals surface area contributed by atoms with Crippen LogP contribution in [0.5, 0.6) is 0 Å². The van der Waals surface area contributed by atoms with E-state index in [1.54, 1.807) is 12.1 Å². The molecule has 3 rings (SSSR count). The minimum absolute atomic E-state index is 0.105. The largest absolute Gasteiger partial charge is 0.379 e. The first-order valence-electron chi connectivity index (χ1n) is 10.2.